The Balaban J connectivity index is 1.68. The minimum Gasteiger partial charge on any atom is -0.379 e. The predicted octanol–water partition coefficient (Wildman–Crippen LogP) is -0.195. The fraction of sp³-hybridized carbons (Fsp3) is 1.00. The number of epoxide rings is 1. The molecule has 1 aliphatic rings. The molecule has 0 aromatic rings. The molecular weight excluding hydrogens is 164 g/mol. The van der Waals surface area contributed by atoms with Crippen molar-refractivity contribution >= 4 is 20.6 Å². The first-order valence-corrected chi connectivity index (χ1v) is 7.46. The van der Waals surface area contributed by atoms with Crippen LogP contribution in [0.15, 0.2) is 0 Å². The van der Waals surface area contributed by atoms with Crippen molar-refractivity contribution in [1.29, 1.82) is 0 Å². The van der Waals surface area contributed by atoms with Gasteiger partial charge in [-0.05, 0) is 12.2 Å². The summed E-state index contributed by atoms with van der Waals surface area (Å²) in [6.07, 6.45) is 1.63. The first-order chi connectivity index (χ1) is 4.93. The minimum atomic E-state index is 0.434. The van der Waals surface area contributed by atoms with Gasteiger partial charge in [0.05, 0.1) is 22.6 Å². The van der Waals surface area contributed by atoms with Crippen molar-refractivity contribution < 1.29 is 9.47 Å². The zero-order valence-corrected chi connectivity index (χ0v) is 9.15. The zero-order chi connectivity index (χ0) is 7.23. The molecule has 1 saturated heterocycles. The maximum absolute atomic E-state index is 5.34. The Morgan fingerprint density at radius 3 is 3.10 bits per heavy atom. The Morgan fingerprint density at radius 2 is 2.50 bits per heavy atom. The molecule has 1 unspecified atom stereocenters. The Bertz CT molecular complexity index is 87.8. The van der Waals surface area contributed by atoms with Crippen LogP contribution in [-0.4, -0.2) is 41.1 Å². The van der Waals surface area contributed by atoms with E-state index < -0.39 is 0 Å². The molecular formula is C6H14O2SSi. The summed E-state index contributed by atoms with van der Waals surface area (Å²) in [5.41, 5.74) is 0. The molecule has 10 heavy (non-hydrogen) atoms. The summed E-state index contributed by atoms with van der Waals surface area (Å²) >= 11 is 2.00. The second-order valence-electron chi connectivity index (χ2n) is 2.38. The molecule has 1 aliphatic heterocycles. The van der Waals surface area contributed by atoms with Gasteiger partial charge in [-0.2, -0.15) is 11.2 Å². The molecule has 1 heterocycles. The van der Waals surface area contributed by atoms with Crippen LogP contribution in [0.1, 0.15) is 6.42 Å². The Kier molecular flexibility index (Phi) is 4.44. The van der Waals surface area contributed by atoms with Gasteiger partial charge < -0.3 is 9.47 Å². The second kappa shape index (κ2) is 5.18. The van der Waals surface area contributed by atoms with Crippen LogP contribution in [0.3, 0.4) is 0 Å². The molecule has 0 saturated carbocycles. The molecule has 1 fully saturated rings. The lowest BCUT2D eigenvalue weighted by molar-refractivity contribution is 0.117. The summed E-state index contributed by atoms with van der Waals surface area (Å²) in [6, 6.07) is 0. The van der Waals surface area contributed by atoms with Crippen LogP contribution in [0, 0.1) is 0 Å². The van der Waals surface area contributed by atoms with Gasteiger partial charge in [0.2, 0.25) is 0 Å². The van der Waals surface area contributed by atoms with E-state index in [0.717, 1.165) is 19.8 Å². The molecule has 0 spiro atoms. The summed E-state index contributed by atoms with van der Waals surface area (Å²) in [7, 11) is 1.25. The van der Waals surface area contributed by atoms with Crippen molar-refractivity contribution in [3.63, 3.8) is 0 Å². The number of hydrogen-bond acceptors (Lipinski definition) is 3. The van der Waals surface area contributed by atoms with Crippen LogP contribution < -0.4 is 0 Å². The van der Waals surface area contributed by atoms with Crippen LogP contribution in [0.4, 0.5) is 0 Å². The van der Waals surface area contributed by atoms with Gasteiger partial charge in [-0.1, -0.05) is 0 Å². The van der Waals surface area contributed by atoms with Crippen molar-refractivity contribution in [3.8, 4) is 0 Å². The smallest absolute Gasteiger partial charge is 0.104 e. The quantitative estimate of drug-likeness (QED) is 0.320. The van der Waals surface area contributed by atoms with Gasteiger partial charge in [0.25, 0.3) is 0 Å². The van der Waals surface area contributed by atoms with E-state index in [2.05, 4.69) is 0 Å². The molecule has 0 bridgehead atoms. The van der Waals surface area contributed by atoms with E-state index in [-0.39, 0.29) is 0 Å². The fourth-order valence-electron chi connectivity index (χ4n) is 0.684. The van der Waals surface area contributed by atoms with Gasteiger partial charge in [-0.15, -0.1) is 0 Å². The van der Waals surface area contributed by atoms with E-state index in [0.29, 0.717) is 6.10 Å². The van der Waals surface area contributed by atoms with Crippen LogP contribution >= 0.6 is 11.2 Å². The highest BCUT2D eigenvalue weighted by Crippen LogP contribution is 2.08. The highest BCUT2D eigenvalue weighted by Gasteiger charge is 2.21. The van der Waals surface area contributed by atoms with Gasteiger partial charge in [-0.25, -0.2) is 0 Å². The summed E-state index contributed by atoms with van der Waals surface area (Å²) in [5, 5.41) is 0. The van der Waals surface area contributed by atoms with Crippen LogP contribution in [0.2, 0.25) is 0 Å². The van der Waals surface area contributed by atoms with Crippen molar-refractivity contribution in [2.24, 2.45) is 0 Å². The van der Waals surface area contributed by atoms with Gasteiger partial charge in [0, 0.05) is 6.61 Å². The average Bonchev–Trinajstić information content (AvgIpc) is 2.71. The van der Waals surface area contributed by atoms with E-state index in [1.165, 1.54) is 21.6 Å². The largest absolute Gasteiger partial charge is 0.379 e. The van der Waals surface area contributed by atoms with E-state index in [4.69, 9.17) is 9.47 Å². The lowest BCUT2D eigenvalue weighted by atomic mass is 10.5. The van der Waals surface area contributed by atoms with Crippen LogP contribution in [0.5, 0.6) is 0 Å². The highest BCUT2D eigenvalue weighted by molar-refractivity contribution is 8.19. The van der Waals surface area contributed by atoms with Crippen molar-refractivity contribution in [3.05, 3.63) is 0 Å². The minimum absolute atomic E-state index is 0.434. The van der Waals surface area contributed by atoms with Gasteiger partial charge in [0.1, 0.15) is 6.10 Å². The Hall–Kier alpha value is 0.487. The molecule has 0 aromatic carbocycles. The molecule has 1 atom stereocenters. The lowest BCUT2D eigenvalue weighted by Gasteiger charge is -1.99. The first kappa shape index (κ1) is 8.58. The molecule has 0 radical (unpaired) electrons. The zero-order valence-electron chi connectivity index (χ0n) is 6.34. The molecule has 0 aromatic heterocycles. The molecule has 4 heteroatoms. The van der Waals surface area contributed by atoms with Crippen LogP contribution in [0.25, 0.3) is 0 Å². The molecule has 0 aliphatic carbocycles. The maximum Gasteiger partial charge on any atom is 0.104 e. The molecule has 60 valence electrons. The topological polar surface area (TPSA) is 21.8 Å². The average molecular weight is 178 g/mol. The van der Waals surface area contributed by atoms with Crippen LogP contribution in [-0.2, 0) is 9.47 Å². The standard InChI is InChI=1S/C6H14O2SSi/c10-9-3-1-2-7-4-6-5-8-6/h6H,1-5H2,10H3. The van der Waals surface area contributed by atoms with Gasteiger partial charge in [0.15, 0.2) is 0 Å². The van der Waals surface area contributed by atoms with E-state index in [9.17, 15) is 0 Å². The second-order valence-corrected chi connectivity index (χ2v) is 5.09. The molecule has 0 N–H and O–H groups in total. The molecule has 1 rings (SSSR count). The third-order valence-corrected chi connectivity index (χ3v) is 3.26. The lowest BCUT2D eigenvalue weighted by Crippen LogP contribution is -2.03. The summed E-state index contributed by atoms with van der Waals surface area (Å²) in [4.78, 5) is 0. The predicted molar refractivity (Wildman–Crippen MR) is 47.6 cm³/mol. The monoisotopic (exact) mass is 178 g/mol. The number of rotatable bonds is 6. The van der Waals surface area contributed by atoms with Gasteiger partial charge >= 0.3 is 0 Å². The maximum atomic E-state index is 5.34. The summed E-state index contributed by atoms with van der Waals surface area (Å²) in [5.74, 6) is 1.26. The molecule has 2 nitrogen and oxygen atoms in total. The Morgan fingerprint density at radius 1 is 1.70 bits per heavy atom. The Labute approximate surface area is 68.7 Å². The number of ether oxygens (including phenoxy) is 2. The SMILES string of the molecule is [SiH3]SCCCOCC1CO1. The van der Waals surface area contributed by atoms with Crippen molar-refractivity contribution in [2.45, 2.75) is 12.5 Å². The van der Waals surface area contributed by atoms with Gasteiger partial charge in [-0.3, -0.25) is 0 Å². The molecule has 0 amide bonds. The number of hydrogen-bond donors (Lipinski definition) is 0. The third kappa shape index (κ3) is 4.33. The summed E-state index contributed by atoms with van der Waals surface area (Å²) < 4.78 is 10.3. The van der Waals surface area contributed by atoms with E-state index >= 15 is 0 Å². The van der Waals surface area contributed by atoms with E-state index in [1.54, 1.807) is 0 Å². The fourth-order valence-corrected chi connectivity index (χ4v) is 1.96. The summed E-state index contributed by atoms with van der Waals surface area (Å²) in [6.45, 7) is 2.64. The van der Waals surface area contributed by atoms with Crippen molar-refractivity contribution in [2.75, 3.05) is 25.6 Å². The van der Waals surface area contributed by atoms with Crippen molar-refractivity contribution in [1.82, 2.24) is 0 Å². The normalized spacial score (nSPS) is 23.4. The third-order valence-electron chi connectivity index (χ3n) is 1.34. The highest BCUT2D eigenvalue weighted by atomic mass is 32.4. The first-order valence-electron chi connectivity index (χ1n) is 3.62. The van der Waals surface area contributed by atoms with E-state index in [1.807, 2.05) is 11.2 Å².